The van der Waals surface area contributed by atoms with Crippen molar-refractivity contribution in [3.05, 3.63) is 45.7 Å². The summed E-state index contributed by atoms with van der Waals surface area (Å²) in [7, 11) is 0. The number of rotatable bonds is 2. The fourth-order valence-electron chi connectivity index (χ4n) is 2.46. The van der Waals surface area contributed by atoms with Gasteiger partial charge < -0.3 is 14.7 Å². The van der Waals surface area contributed by atoms with Crippen molar-refractivity contribution in [3.63, 3.8) is 0 Å². The van der Waals surface area contributed by atoms with Gasteiger partial charge in [-0.25, -0.2) is 9.78 Å². The van der Waals surface area contributed by atoms with E-state index in [4.69, 9.17) is 14.6 Å². The van der Waals surface area contributed by atoms with E-state index in [9.17, 15) is 18.0 Å². The van der Waals surface area contributed by atoms with E-state index < -0.39 is 12.1 Å². The predicted octanol–water partition coefficient (Wildman–Crippen LogP) is 3.00. The summed E-state index contributed by atoms with van der Waals surface area (Å²) in [5.74, 6) is -2.77. The Morgan fingerprint density at radius 3 is 2.54 bits per heavy atom. The Morgan fingerprint density at radius 1 is 1.32 bits per heavy atom. The van der Waals surface area contributed by atoms with Crippen molar-refractivity contribution in [3.8, 4) is 0 Å². The van der Waals surface area contributed by atoms with Crippen molar-refractivity contribution in [2.24, 2.45) is 0 Å². The average Bonchev–Trinajstić information content (AvgIpc) is 3.07. The molecule has 1 aliphatic heterocycles. The molecule has 2 aromatic rings. The lowest BCUT2D eigenvalue weighted by Crippen LogP contribution is -2.43. The highest BCUT2D eigenvalue weighted by Gasteiger charge is 2.38. The van der Waals surface area contributed by atoms with E-state index in [2.05, 4.69) is 9.97 Å². The Bertz CT molecular complexity index is 841. The molecule has 7 nitrogen and oxygen atoms in total. The van der Waals surface area contributed by atoms with Crippen LogP contribution < -0.4 is 0 Å². The quantitative estimate of drug-likeness (QED) is 0.808. The molecule has 0 bridgehead atoms. The van der Waals surface area contributed by atoms with Crippen LogP contribution in [0.25, 0.3) is 0 Å². The normalized spacial score (nSPS) is 16.9. The number of alkyl halides is 3. The van der Waals surface area contributed by atoms with Crippen LogP contribution in [0.1, 0.15) is 32.7 Å². The Morgan fingerprint density at radius 2 is 2.00 bits per heavy atom. The third kappa shape index (κ3) is 5.73. The minimum absolute atomic E-state index is 0.00912. The summed E-state index contributed by atoms with van der Waals surface area (Å²) in [6.45, 7) is 5.53. The summed E-state index contributed by atoms with van der Waals surface area (Å²) in [5.41, 5.74) is 2.51. The van der Waals surface area contributed by atoms with Crippen molar-refractivity contribution in [1.29, 1.82) is 0 Å². The van der Waals surface area contributed by atoms with Gasteiger partial charge in [-0.1, -0.05) is 0 Å². The lowest BCUT2D eigenvalue weighted by molar-refractivity contribution is -0.192. The van der Waals surface area contributed by atoms with Crippen LogP contribution in [-0.4, -0.2) is 57.8 Å². The summed E-state index contributed by atoms with van der Waals surface area (Å²) in [6, 6.07) is 1.76. The molecule has 1 fully saturated rings. The van der Waals surface area contributed by atoms with Crippen LogP contribution in [0.15, 0.2) is 23.8 Å². The number of hydrogen-bond acceptors (Lipinski definition) is 6. The van der Waals surface area contributed by atoms with E-state index in [-0.39, 0.29) is 11.9 Å². The van der Waals surface area contributed by atoms with E-state index in [1.54, 1.807) is 23.7 Å². The van der Waals surface area contributed by atoms with Crippen molar-refractivity contribution in [1.82, 2.24) is 14.9 Å². The number of carbonyl (C=O) groups is 2. The second-order valence-corrected chi connectivity index (χ2v) is 7.00. The number of amides is 1. The van der Waals surface area contributed by atoms with E-state index in [1.807, 2.05) is 30.2 Å². The first-order chi connectivity index (χ1) is 13.1. The molecular weight excluding hydrogens is 399 g/mol. The lowest BCUT2D eigenvalue weighted by Gasteiger charge is -2.34. The van der Waals surface area contributed by atoms with Crippen LogP contribution in [0.5, 0.6) is 0 Å². The molecular formula is C17H18F3N3O4S. The molecule has 2 aromatic heterocycles. The van der Waals surface area contributed by atoms with Gasteiger partial charge in [0.25, 0.3) is 5.91 Å². The highest BCUT2D eigenvalue weighted by Crippen LogP contribution is 2.27. The van der Waals surface area contributed by atoms with Crippen molar-refractivity contribution in [2.45, 2.75) is 26.1 Å². The molecule has 0 radical (unpaired) electrons. The van der Waals surface area contributed by atoms with Gasteiger partial charge in [-0.05, 0) is 25.5 Å². The van der Waals surface area contributed by atoms with Crippen LogP contribution in [-0.2, 0) is 9.53 Å². The Balaban J connectivity index is 0.000000345. The summed E-state index contributed by atoms with van der Waals surface area (Å²) in [5, 5.41) is 10.1. The van der Waals surface area contributed by atoms with Gasteiger partial charge in [0.05, 0.1) is 35.5 Å². The second kappa shape index (κ2) is 9.11. The number of aliphatic carboxylic acids is 1. The molecule has 0 aliphatic carbocycles. The molecule has 0 saturated carbocycles. The summed E-state index contributed by atoms with van der Waals surface area (Å²) in [4.78, 5) is 32.1. The molecule has 1 N–H and O–H groups in total. The lowest BCUT2D eigenvalue weighted by atomic mass is 10.1. The molecule has 1 aliphatic rings. The maximum Gasteiger partial charge on any atom is 0.490 e. The average molecular weight is 417 g/mol. The zero-order valence-electron chi connectivity index (χ0n) is 15.1. The van der Waals surface area contributed by atoms with E-state index in [1.165, 1.54) is 0 Å². The van der Waals surface area contributed by atoms with Crippen LogP contribution in [0, 0.1) is 13.8 Å². The van der Waals surface area contributed by atoms with Gasteiger partial charge in [-0.2, -0.15) is 13.2 Å². The maximum absolute atomic E-state index is 12.7. The largest absolute Gasteiger partial charge is 0.490 e. The van der Waals surface area contributed by atoms with E-state index in [0.29, 0.717) is 25.3 Å². The number of pyridine rings is 1. The van der Waals surface area contributed by atoms with Crippen LogP contribution >= 0.6 is 11.3 Å². The molecule has 1 amide bonds. The first kappa shape index (κ1) is 21.8. The van der Waals surface area contributed by atoms with Crippen molar-refractivity contribution >= 4 is 23.2 Å². The fraction of sp³-hybridized carbons (Fsp3) is 0.412. The molecule has 0 aromatic carbocycles. The number of carboxylic acids is 1. The van der Waals surface area contributed by atoms with E-state index in [0.717, 1.165) is 16.3 Å². The number of aromatic nitrogens is 2. The minimum atomic E-state index is -5.08. The van der Waals surface area contributed by atoms with Gasteiger partial charge in [0.2, 0.25) is 0 Å². The molecule has 3 rings (SSSR count). The zero-order chi connectivity index (χ0) is 20.9. The fourth-order valence-corrected chi connectivity index (χ4v) is 3.12. The monoisotopic (exact) mass is 417 g/mol. The van der Waals surface area contributed by atoms with E-state index >= 15 is 0 Å². The summed E-state index contributed by atoms with van der Waals surface area (Å²) < 4.78 is 37.3. The van der Waals surface area contributed by atoms with Crippen LogP contribution in [0.3, 0.4) is 0 Å². The van der Waals surface area contributed by atoms with Gasteiger partial charge in [-0.15, -0.1) is 11.3 Å². The molecule has 0 spiro atoms. The molecule has 152 valence electrons. The molecule has 1 saturated heterocycles. The number of aryl methyl sites for hydroxylation is 2. The second-order valence-electron chi connectivity index (χ2n) is 5.93. The summed E-state index contributed by atoms with van der Waals surface area (Å²) >= 11 is 1.59. The first-order valence-corrected chi connectivity index (χ1v) is 9.00. The van der Waals surface area contributed by atoms with Gasteiger partial charge >= 0.3 is 12.1 Å². The number of hydrogen-bond donors (Lipinski definition) is 1. The van der Waals surface area contributed by atoms with Gasteiger partial charge in [-0.3, -0.25) is 9.78 Å². The number of halogens is 3. The van der Waals surface area contributed by atoms with Crippen molar-refractivity contribution in [2.75, 3.05) is 19.8 Å². The molecule has 3 heterocycles. The zero-order valence-corrected chi connectivity index (χ0v) is 15.9. The van der Waals surface area contributed by atoms with Crippen LogP contribution in [0.2, 0.25) is 0 Å². The number of carboxylic acid groups (broad SMARTS) is 1. The number of carbonyl (C=O) groups excluding carboxylic acids is 1. The molecule has 11 heteroatoms. The van der Waals surface area contributed by atoms with Crippen molar-refractivity contribution < 1.29 is 32.6 Å². The smallest absolute Gasteiger partial charge is 0.475 e. The first-order valence-electron chi connectivity index (χ1n) is 8.12. The topological polar surface area (TPSA) is 92.6 Å². The molecule has 1 unspecified atom stereocenters. The highest BCUT2D eigenvalue weighted by atomic mass is 32.1. The number of morpholine rings is 1. The number of ether oxygens (including phenoxy) is 1. The molecule has 28 heavy (non-hydrogen) atoms. The van der Waals surface area contributed by atoms with Gasteiger partial charge in [0.1, 0.15) is 0 Å². The number of thiazole rings is 1. The Hall–Kier alpha value is -2.53. The Kier molecular flexibility index (Phi) is 7.08. The number of nitrogens with zero attached hydrogens (tertiary/aromatic N) is 3. The van der Waals surface area contributed by atoms with Gasteiger partial charge in [0, 0.05) is 24.3 Å². The summed E-state index contributed by atoms with van der Waals surface area (Å²) in [6.07, 6.45) is -1.72. The standard InChI is InChI=1S/C15H17N3O2S.C2HF3O2/c1-10-5-12(7-16-6-10)15(19)18-3-4-20-8-14(18)13-9-21-11(2)17-13;3-2(4,5)1(6)7/h5-7,9,14H,3-4,8H2,1-2H3;(H,6,7). The third-order valence-electron chi connectivity index (χ3n) is 3.73. The van der Waals surface area contributed by atoms with Crippen LogP contribution in [0.4, 0.5) is 13.2 Å². The maximum atomic E-state index is 12.7. The Labute approximate surface area is 162 Å². The third-order valence-corrected chi connectivity index (χ3v) is 4.52. The minimum Gasteiger partial charge on any atom is -0.475 e. The SMILES string of the molecule is Cc1cncc(C(=O)N2CCOCC2c2csc(C)n2)c1.O=C(O)C(F)(F)F. The highest BCUT2D eigenvalue weighted by molar-refractivity contribution is 7.09. The predicted molar refractivity (Wildman–Crippen MR) is 94.1 cm³/mol. The van der Waals surface area contributed by atoms with Gasteiger partial charge in [0.15, 0.2) is 0 Å². The molecule has 1 atom stereocenters.